The van der Waals surface area contributed by atoms with Crippen LogP contribution < -0.4 is 15.5 Å². The van der Waals surface area contributed by atoms with Crippen LogP contribution >= 0.6 is 11.6 Å². The van der Waals surface area contributed by atoms with Crippen LogP contribution in [0.2, 0.25) is 5.02 Å². The van der Waals surface area contributed by atoms with E-state index in [1.54, 1.807) is 17.0 Å². The summed E-state index contributed by atoms with van der Waals surface area (Å²) < 4.78 is 0. The standard InChI is InChI=1S/C18H18ClN3O2/c19-13-6-1-2-7-14(13)20-12-17(23)21-15-8-3-4-9-16(15)22-11-5-10-18(22)24/h1-4,6-9,20H,5,10-12H2,(H,21,23). The summed E-state index contributed by atoms with van der Waals surface area (Å²) in [5.41, 5.74) is 2.09. The third kappa shape index (κ3) is 3.68. The number of rotatable bonds is 5. The maximum absolute atomic E-state index is 12.2. The van der Waals surface area contributed by atoms with Crippen molar-refractivity contribution in [2.75, 3.05) is 28.6 Å². The van der Waals surface area contributed by atoms with Crippen molar-refractivity contribution in [1.29, 1.82) is 0 Å². The van der Waals surface area contributed by atoms with E-state index in [1.165, 1.54) is 0 Å². The topological polar surface area (TPSA) is 61.4 Å². The van der Waals surface area contributed by atoms with Crippen LogP contribution in [-0.4, -0.2) is 24.9 Å². The van der Waals surface area contributed by atoms with Crippen LogP contribution in [0, 0.1) is 0 Å². The normalized spacial score (nSPS) is 13.9. The first-order valence-electron chi connectivity index (χ1n) is 7.83. The minimum Gasteiger partial charge on any atom is -0.375 e. The molecule has 5 nitrogen and oxygen atoms in total. The third-order valence-corrected chi connectivity index (χ3v) is 4.19. The number of nitrogens with one attached hydrogen (secondary N) is 2. The second-order valence-electron chi connectivity index (χ2n) is 5.55. The van der Waals surface area contributed by atoms with E-state index >= 15 is 0 Å². The van der Waals surface area contributed by atoms with Gasteiger partial charge in [-0.15, -0.1) is 0 Å². The van der Waals surface area contributed by atoms with Crippen LogP contribution in [0.5, 0.6) is 0 Å². The number of para-hydroxylation sites is 3. The molecule has 0 spiro atoms. The quantitative estimate of drug-likeness (QED) is 0.873. The monoisotopic (exact) mass is 343 g/mol. The molecule has 0 aliphatic carbocycles. The summed E-state index contributed by atoms with van der Waals surface area (Å²) in [7, 11) is 0. The van der Waals surface area contributed by atoms with Gasteiger partial charge in [0.1, 0.15) is 0 Å². The number of halogens is 1. The average molecular weight is 344 g/mol. The van der Waals surface area contributed by atoms with Gasteiger partial charge in [0.25, 0.3) is 0 Å². The lowest BCUT2D eigenvalue weighted by Gasteiger charge is -2.20. The molecule has 0 atom stereocenters. The van der Waals surface area contributed by atoms with E-state index in [9.17, 15) is 9.59 Å². The van der Waals surface area contributed by atoms with Crippen molar-refractivity contribution in [2.24, 2.45) is 0 Å². The van der Waals surface area contributed by atoms with E-state index in [2.05, 4.69) is 10.6 Å². The van der Waals surface area contributed by atoms with Crippen molar-refractivity contribution in [3.8, 4) is 0 Å². The molecule has 2 aromatic carbocycles. The van der Waals surface area contributed by atoms with Crippen molar-refractivity contribution < 1.29 is 9.59 Å². The first kappa shape index (κ1) is 16.3. The van der Waals surface area contributed by atoms with Gasteiger partial charge >= 0.3 is 0 Å². The Kier molecular flexibility index (Phi) is 5.01. The van der Waals surface area contributed by atoms with E-state index in [1.807, 2.05) is 36.4 Å². The van der Waals surface area contributed by atoms with Gasteiger partial charge in [0.05, 0.1) is 28.6 Å². The molecule has 0 unspecified atom stereocenters. The predicted octanol–water partition coefficient (Wildman–Crippen LogP) is 3.52. The fourth-order valence-electron chi connectivity index (χ4n) is 2.69. The number of carbonyl (C=O) groups excluding carboxylic acids is 2. The Morgan fingerprint density at radius 1 is 1.08 bits per heavy atom. The highest BCUT2D eigenvalue weighted by atomic mass is 35.5. The zero-order chi connectivity index (χ0) is 16.9. The number of hydrogen-bond acceptors (Lipinski definition) is 3. The highest BCUT2D eigenvalue weighted by Crippen LogP contribution is 2.29. The molecule has 2 aromatic rings. The molecule has 1 fully saturated rings. The third-order valence-electron chi connectivity index (χ3n) is 3.86. The van der Waals surface area contributed by atoms with E-state index in [-0.39, 0.29) is 18.4 Å². The van der Waals surface area contributed by atoms with Gasteiger partial charge < -0.3 is 15.5 Å². The van der Waals surface area contributed by atoms with Crippen LogP contribution in [0.15, 0.2) is 48.5 Å². The van der Waals surface area contributed by atoms with Crippen LogP contribution in [-0.2, 0) is 9.59 Å². The van der Waals surface area contributed by atoms with Crippen LogP contribution in [0.4, 0.5) is 17.1 Å². The number of benzene rings is 2. The minimum absolute atomic E-state index is 0.0888. The summed E-state index contributed by atoms with van der Waals surface area (Å²) in [6.45, 7) is 0.773. The van der Waals surface area contributed by atoms with Gasteiger partial charge in [0, 0.05) is 13.0 Å². The number of carbonyl (C=O) groups is 2. The molecule has 2 amide bonds. The largest absolute Gasteiger partial charge is 0.375 e. The average Bonchev–Trinajstić information content (AvgIpc) is 3.00. The van der Waals surface area contributed by atoms with E-state index in [4.69, 9.17) is 11.6 Å². The molecular weight excluding hydrogens is 326 g/mol. The van der Waals surface area contributed by atoms with Gasteiger partial charge in [-0.2, -0.15) is 0 Å². The lowest BCUT2D eigenvalue weighted by atomic mass is 10.2. The highest BCUT2D eigenvalue weighted by Gasteiger charge is 2.24. The molecule has 1 saturated heterocycles. The van der Waals surface area contributed by atoms with Gasteiger partial charge in [-0.05, 0) is 30.7 Å². The lowest BCUT2D eigenvalue weighted by molar-refractivity contribution is -0.117. The minimum atomic E-state index is -0.200. The molecule has 1 heterocycles. The van der Waals surface area contributed by atoms with Crippen LogP contribution in [0.3, 0.4) is 0 Å². The molecule has 0 radical (unpaired) electrons. The fourth-order valence-corrected chi connectivity index (χ4v) is 2.89. The Balaban J connectivity index is 1.66. The fraction of sp³-hybridized carbons (Fsp3) is 0.222. The molecule has 3 rings (SSSR count). The summed E-state index contributed by atoms with van der Waals surface area (Å²) in [5.74, 6) is -0.111. The SMILES string of the molecule is O=C(CNc1ccccc1Cl)Nc1ccccc1N1CCCC1=O. The number of hydrogen-bond donors (Lipinski definition) is 2. The van der Waals surface area contributed by atoms with E-state index < -0.39 is 0 Å². The van der Waals surface area contributed by atoms with Crippen molar-refractivity contribution in [2.45, 2.75) is 12.8 Å². The van der Waals surface area contributed by atoms with Gasteiger partial charge in [0.2, 0.25) is 11.8 Å². The second-order valence-corrected chi connectivity index (χ2v) is 5.95. The zero-order valence-electron chi connectivity index (χ0n) is 13.1. The summed E-state index contributed by atoms with van der Waals surface area (Å²) in [6, 6.07) is 14.6. The smallest absolute Gasteiger partial charge is 0.243 e. The predicted molar refractivity (Wildman–Crippen MR) is 96.6 cm³/mol. The Morgan fingerprint density at radius 2 is 1.79 bits per heavy atom. The van der Waals surface area contributed by atoms with E-state index in [0.29, 0.717) is 29.4 Å². The first-order valence-corrected chi connectivity index (χ1v) is 8.20. The first-order chi connectivity index (χ1) is 11.6. The van der Waals surface area contributed by atoms with Crippen molar-refractivity contribution in [3.05, 3.63) is 53.6 Å². The van der Waals surface area contributed by atoms with Gasteiger partial charge in [-0.1, -0.05) is 35.9 Å². The zero-order valence-corrected chi connectivity index (χ0v) is 13.8. The second kappa shape index (κ2) is 7.36. The molecule has 124 valence electrons. The molecule has 2 N–H and O–H groups in total. The molecule has 0 bridgehead atoms. The van der Waals surface area contributed by atoms with Crippen molar-refractivity contribution >= 4 is 40.5 Å². The lowest BCUT2D eigenvalue weighted by Crippen LogP contribution is -2.27. The molecule has 1 aliphatic rings. The molecule has 0 aromatic heterocycles. The number of amides is 2. The number of anilines is 3. The van der Waals surface area contributed by atoms with E-state index in [0.717, 1.165) is 12.1 Å². The molecule has 6 heteroatoms. The Labute approximate surface area is 145 Å². The van der Waals surface area contributed by atoms with Crippen molar-refractivity contribution in [1.82, 2.24) is 0 Å². The number of nitrogens with zero attached hydrogens (tertiary/aromatic N) is 1. The maximum atomic E-state index is 12.2. The van der Waals surface area contributed by atoms with Crippen LogP contribution in [0.25, 0.3) is 0 Å². The Hall–Kier alpha value is -2.53. The summed E-state index contributed by atoms with van der Waals surface area (Å²) in [5, 5.41) is 6.43. The molecular formula is C18H18ClN3O2. The molecule has 24 heavy (non-hydrogen) atoms. The summed E-state index contributed by atoms with van der Waals surface area (Å²) >= 11 is 6.06. The van der Waals surface area contributed by atoms with Gasteiger partial charge in [-0.25, -0.2) is 0 Å². The molecule has 0 saturated carbocycles. The highest BCUT2D eigenvalue weighted by molar-refractivity contribution is 6.33. The Morgan fingerprint density at radius 3 is 2.50 bits per heavy atom. The summed E-state index contributed by atoms with van der Waals surface area (Å²) in [4.78, 5) is 25.9. The maximum Gasteiger partial charge on any atom is 0.243 e. The molecule has 1 aliphatic heterocycles. The van der Waals surface area contributed by atoms with Gasteiger partial charge in [0.15, 0.2) is 0 Å². The van der Waals surface area contributed by atoms with Crippen LogP contribution in [0.1, 0.15) is 12.8 Å². The Bertz CT molecular complexity index is 763. The van der Waals surface area contributed by atoms with Crippen molar-refractivity contribution in [3.63, 3.8) is 0 Å². The van der Waals surface area contributed by atoms with Gasteiger partial charge in [-0.3, -0.25) is 9.59 Å². The summed E-state index contributed by atoms with van der Waals surface area (Å²) in [6.07, 6.45) is 1.39.